The molecule has 0 bridgehead atoms. The van der Waals surface area contributed by atoms with Gasteiger partial charge < -0.3 is 11.1 Å². The summed E-state index contributed by atoms with van der Waals surface area (Å²) in [5.41, 5.74) is 5.07. The van der Waals surface area contributed by atoms with Crippen molar-refractivity contribution >= 4 is 28.8 Å². The number of thiophene rings is 1. The predicted molar refractivity (Wildman–Crippen MR) is 59.4 cm³/mol. The Labute approximate surface area is 92.3 Å². The Morgan fingerprint density at radius 2 is 2.43 bits per heavy atom. The van der Waals surface area contributed by atoms with Crippen molar-refractivity contribution in [1.29, 1.82) is 0 Å². The fraction of sp³-hybridized carbons (Fsp3) is 0.444. The summed E-state index contributed by atoms with van der Waals surface area (Å²) in [5, 5.41) is 3.19. The van der Waals surface area contributed by atoms with Crippen molar-refractivity contribution in [1.82, 2.24) is 5.32 Å². The standard InChI is InChI=1S/C9H13ClN2OS/c1-6(4-9(11)13)12-5-7-2-3-8(10)14-7/h2-3,6,12H,4-5H2,1H3,(H2,11,13). The molecular weight excluding hydrogens is 220 g/mol. The molecule has 0 aliphatic heterocycles. The van der Waals surface area contributed by atoms with Crippen molar-refractivity contribution in [3.63, 3.8) is 0 Å². The topological polar surface area (TPSA) is 55.1 Å². The van der Waals surface area contributed by atoms with Gasteiger partial charge in [-0.3, -0.25) is 4.79 Å². The lowest BCUT2D eigenvalue weighted by Gasteiger charge is -2.10. The van der Waals surface area contributed by atoms with Crippen molar-refractivity contribution < 1.29 is 4.79 Å². The van der Waals surface area contributed by atoms with Gasteiger partial charge in [-0.15, -0.1) is 11.3 Å². The van der Waals surface area contributed by atoms with Crippen LogP contribution < -0.4 is 11.1 Å². The third kappa shape index (κ3) is 4.09. The number of halogens is 1. The van der Waals surface area contributed by atoms with Crippen LogP contribution in [0, 0.1) is 0 Å². The lowest BCUT2D eigenvalue weighted by Crippen LogP contribution is -2.30. The first kappa shape index (κ1) is 11.5. The molecule has 1 rings (SSSR count). The van der Waals surface area contributed by atoms with Gasteiger partial charge in [-0.1, -0.05) is 11.6 Å². The zero-order chi connectivity index (χ0) is 10.6. The van der Waals surface area contributed by atoms with E-state index in [9.17, 15) is 4.79 Å². The second-order valence-corrected chi connectivity index (χ2v) is 4.96. The van der Waals surface area contributed by atoms with Crippen molar-refractivity contribution in [2.75, 3.05) is 0 Å². The van der Waals surface area contributed by atoms with E-state index in [1.807, 2.05) is 19.1 Å². The van der Waals surface area contributed by atoms with E-state index >= 15 is 0 Å². The molecule has 0 saturated carbocycles. The summed E-state index contributed by atoms with van der Waals surface area (Å²) in [5.74, 6) is -0.283. The van der Waals surface area contributed by atoms with Crippen LogP contribution in [0.1, 0.15) is 18.2 Å². The van der Waals surface area contributed by atoms with Gasteiger partial charge in [0.15, 0.2) is 0 Å². The molecule has 1 unspecified atom stereocenters. The van der Waals surface area contributed by atoms with Crippen LogP contribution in [0.15, 0.2) is 12.1 Å². The highest BCUT2D eigenvalue weighted by Crippen LogP contribution is 2.21. The van der Waals surface area contributed by atoms with E-state index in [-0.39, 0.29) is 11.9 Å². The normalized spacial score (nSPS) is 12.7. The van der Waals surface area contributed by atoms with Crippen LogP contribution in [0.4, 0.5) is 0 Å². The summed E-state index contributed by atoms with van der Waals surface area (Å²) in [6, 6.07) is 3.94. The monoisotopic (exact) mass is 232 g/mol. The maximum Gasteiger partial charge on any atom is 0.218 e. The van der Waals surface area contributed by atoms with Crippen LogP contribution >= 0.6 is 22.9 Å². The third-order valence-corrected chi connectivity index (χ3v) is 2.99. The SMILES string of the molecule is CC(CC(N)=O)NCc1ccc(Cl)s1. The molecule has 1 amide bonds. The van der Waals surface area contributed by atoms with Gasteiger partial charge in [-0.2, -0.15) is 0 Å². The van der Waals surface area contributed by atoms with Gasteiger partial charge in [-0.05, 0) is 19.1 Å². The molecule has 1 aromatic heterocycles. The Balaban J connectivity index is 2.30. The Hall–Kier alpha value is -0.580. The number of primary amides is 1. The molecule has 5 heteroatoms. The molecule has 0 aliphatic carbocycles. The van der Waals surface area contributed by atoms with E-state index in [1.165, 1.54) is 11.3 Å². The highest BCUT2D eigenvalue weighted by molar-refractivity contribution is 7.16. The number of amides is 1. The van der Waals surface area contributed by atoms with Crippen LogP contribution in [0.2, 0.25) is 4.34 Å². The van der Waals surface area contributed by atoms with E-state index in [0.717, 1.165) is 15.8 Å². The van der Waals surface area contributed by atoms with Crippen molar-refractivity contribution in [3.05, 3.63) is 21.3 Å². The third-order valence-electron chi connectivity index (χ3n) is 1.76. The van der Waals surface area contributed by atoms with E-state index in [4.69, 9.17) is 17.3 Å². The fourth-order valence-electron chi connectivity index (χ4n) is 1.10. The summed E-state index contributed by atoms with van der Waals surface area (Å²) >= 11 is 7.31. The van der Waals surface area contributed by atoms with Gasteiger partial charge >= 0.3 is 0 Å². The molecule has 0 spiro atoms. The van der Waals surface area contributed by atoms with Crippen LogP contribution in [-0.4, -0.2) is 11.9 Å². The van der Waals surface area contributed by atoms with Gasteiger partial charge in [-0.25, -0.2) is 0 Å². The van der Waals surface area contributed by atoms with Crippen molar-refractivity contribution in [2.45, 2.75) is 25.9 Å². The van der Waals surface area contributed by atoms with E-state index in [0.29, 0.717) is 6.42 Å². The van der Waals surface area contributed by atoms with Crippen LogP contribution in [-0.2, 0) is 11.3 Å². The summed E-state index contributed by atoms with van der Waals surface area (Å²) in [4.78, 5) is 11.7. The molecule has 0 fully saturated rings. The Morgan fingerprint density at radius 3 is 2.93 bits per heavy atom. The molecule has 1 atom stereocenters. The lowest BCUT2D eigenvalue weighted by atomic mass is 10.2. The molecule has 78 valence electrons. The lowest BCUT2D eigenvalue weighted by molar-refractivity contribution is -0.118. The molecule has 1 heterocycles. The molecule has 3 N–H and O–H groups in total. The number of hydrogen-bond acceptors (Lipinski definition) is 3. The quantitative estimate of drug-likeness (QED) is 0.813. The molecular formula is C9H13ClN2OS. The first-order valence-electron chi connectivity index (χ1n) is 4.34. The van der Waals surface area contributed by atoms with Gasteiger partial charge in [0.25, 0.3) is 0 Å². The minimum atomic E-state index is -0.283. The largest absolute Gasteiger partial charge is 0.370 e. The van der Waals surface area contributed by atoms with E-state index < -0.39 is 0 Å². The average molecular weight is 233 g/mol. The minimum absolute atomic E-state index is 0.105. The molecule has 0 saturated heterocycles. The number of carbonyl (C=O) groups is 1. The van der Waals surface area contributed by atoms with Crippen LogP contribution in [0.5, 0.6) is 0 Å². The first-order chi connectivity index (χ1) is 6.58. The zero-order valence-corrected chi connectivity index (χ0v) is 9.49. The number of carbonyl (C=O) groups excluding carboxylic acids is 1. The predicted octanol–water partition coefficient (Wildman–Crippen LogP) is 1.75. The Morgan fingerprint density at radius 1 is 1.71 bits per heavy atom. The number of rotatable bonds is 5. The number of hydrogen-bond donors (Lipinski definition) is 2. The summed E-state index contributed by atoms with van der Waals surface area (Å²) < 4.78 is 0.782. The molecule has 14 heavy (non-hydrogen) atoms. The van der Waals surface area contributed by atoms with Gasteiger partial charge in [0.2, 0.25) is 5.91 Å². The molecule has 0 radical (unpaired) electrons. The molecule has 3 nitrogen and oxygen atoms in total. The maximum absolute atomic E-state index is 10.6. The first-order valence-corrected chi connectivity index (χ1v) is 5.53. The highest BCUT2D eigenvalue weighted by Gasteiger charge is 2.05. The summed E-state index contributed by atoms with van der Waals surface area (Å²) in [7, 11) is 0. The van der Waals surface area contributed by atoms with Gasteiger partial charge in [0.1, 0.15) is 0 Å². The Bertz CT molecular complexity index is 314. The van der Waals surface area contributed by atoms with Crippen LogP contribution in [0.25, 0.3) is 0 Å². The molecule has 1 aromatic rings. The average Bonchev–Trinajstić information content (AvgIpc) is 2.47. The zero-order valence-electron chi connectivity index (χ0n) is 7.92. The summed E-state index contributed by atoms with van der Waals surface area (Å²) in [6.45, 7) is 2.66. The van der Waals surface area contributed by atoms with Gasteiger partial charge in [0, 0.05) is 23.9 Å². The van der Waals surface area contributed by atoms with E-state index in [2.05, 4.69) is 5.32 Å². The second kappa shape index (κ2) is 5.34. The van der Waals surface area contributed by atoms with Crippen LogP contribution in [0.3, 0.4) is 0 Å². The van der Waals surface area contributed by atoms with Gasteiger partial charge in [0.05, 0.1) is 4.34 Å². The highest BCUT2D eigenvalue weighted by atomic mass is 35.5. The fourth-order valence-corrected chi connectivity index (χ4v) is 2.13. The number of nitrogens with two attached hydrogens (primary N) is 1. The molecule has 0 aliphatic rings. The van der Waals surface area contributed by atoms with Crippen molar-refractivity contribution in [2.24, 2.45) is 5.73 Å². The smallest absolute Gasteiger partial charge is 0.218 e. The number of nitrogens with one attached hydrogen (secondary N) is 1. The van der Waals surface area contributed by atoms with E-state index in [1.54, 1.807) is 0 Å². The Kier molecular flexibility index (Phi) is 4.38. The molecule has 0 aromatic carbocycles. The maximum atomic E-state index is 10.6. The van der Waals surface area contributed by atoms with Crippen molar-refractivity contribution in [3.8, 4) is 0 Å². The minimum Gasteiger partial charge on any atom is -0.370 e. The second-order valence-electron chi connectivity index (χ2n) is 3.16. The summed E-state index contributed by atoms with van der Waals surface area (Å²) in [6.07, 6.45) is 0.360.